The number of amides is 1. The predicted octanol–water partition coefficient (Wildman–Crippen LogP) is 3.82. The molecule has 1 saturated carbocycles. The van der Waals surface area contributed by atoms with Gasteiger partial charge < -0.3 is 4.90 Å². The van der Waals surface area contributed by atoms with Crippen molar-refractivity contribution in [3.63, 3.8) is 0 Å². The quantitative estimate of drug-likeness (QED) is 0.891. The van der Waals surface area contributed by atoms with Crippen LogP contribution in [0.2, 0.25) is 5.02 Å². The van der Waals surface area contributed by atoms with Crippen LogP contribution in [-0.4, -0.2) is 58.1 Å². The summed E-state index contributed by atoms with van der Waals surface area (Å²) >= 11 is 6.23. The molecule has 138 valence electrons. The van der Waals surface area contributed by atoms with Gasteiger partial charge >= 0.3 is 0 Å². The normalized spacial score (nSPS) is 19.7. The Bertz CT molecular complexity index is 761. The van der Waals surface area contributed by atoms with Crippen molar-refractivity contribution in [2.45, 2.75) is 38.1 Å². The van der Waals surface area contributed by atoms with Gasteiger partial charge in [0.25, 0.3) is 5.91 Å². The first-order valence-electron chi connectivity index (χ1n) is 9.56. The third-order valence-electron chi connectivity index (χ3n) is 5.65. The van der Waals surface area contributed by atoms with E-state index in [0.29, 0.717) is 16.4 Å². The predicted molar refractivity (Wildman–Crippen MR) is 103 cm³/mol. The molecule has 1 aliphatic heterocycles. The van der Waals surface area contributed by atoms with Crippen LogP contribution in [0.3, 0.4) is 0 Å². The van der Waals surface area contributed by atoms with Crippen LogP contribution in [-0.2, 0) is 0 Å². The van der Waals surface area contributed by atoms with Crippen LogP contribution in [0.5, 0.6) is 0 Å². The van der Waals surface area contributed by atoms with Crippen molar-refractivity contribution in [1.82, 2.24) is 20.0 Å². The van der Waals surface area contributed by atoms with Crippen LogP contribution >= 0.6 is 11.6 Å². The number of aromatic nitrogens is 2. The number of hydrogen-bond donors (Lipinski definition) is 1. The molecule has 2 aliphatic rings. The number of carbonyl (C=O) groups is 1. The van der Waals surface area contributed by atoms with Gasteiger partial charge in [-0.05, 0) is 25.0 Å². The van der Waals surface area contributed by atoms with Gasteiger partial charge in [0.05, 0.1) is 10.7 Å². The maximum Gasteiger partial charge on any atom is 0.271 e. The minimum Gasteiger partial charge on any atom is -0.335 e. The van der Waals surface area contributed by atoms with Gasteiger partial charge in [-0.25, -0.2) is 0 Å². The summed E-state index contributed by atoms with van der Waals surface area (Å²) in [5.74, 6) is 0.0269. The summed E-state index contributed by atoms with van der Waals surface area (Å²) in [5.41, 5.74) is 2.08. The zero-order chi connectivity index (χ0) is 17.9. The van der Waals surface area contributed by atoms with Gasteiger partial charge in [-0.2, -0.15) is 5.10 Å². The second kappa shape index (κ2) is 7.80. The van der Waals surface area contributed by atoms with E-state index < -0.39 is 0 Å². The van der Waals surface area contributed by atoms with E-state index in [4.69, 9.17) is 11.6 Å². The Morgan fingerprint density at radius 3 is 2.54 bits per heavy atom. The number of nitrogens with zero attached hydrogens (tertiary/aromatic N) is 3. The molecule has 4 rings (SSSR count). The van der Waals surface area contributed by atoms with Gasteiger partial charge in [0.2, 0.25) is 0 Å². The van der Waals surface area contributed by atoms with Crippen LogP contribution in [0.25, 0.3) is 11.3 Å². The zero-order valence-electron chi connectivity index (χ0n) is 15.0. The topological polar surface area (TPSA) is 52.2 Å². The number of nitrogens with one attached hydrogen (secondary N) is 1. The van der Waals surface area contributed by atoms with Crippen LogP contribution < -0.4 is 0 Å². The van der Waals surface area contributed by atoms with Crippen molar-refractivity contribution in [1.29, 1.82) is 0 Å². The third-order valence-corrected chi connectivity index (χ3v) is 5.98. The fourth-order valence-corrected chi connectivity index (χ4v) is 4.38. The fourth-order valence-electron chi connectivity index (χ4n) is 4.14. The van der Waals surface area contributed by atoms with Gasteiger partial charge in [0.1, 0.15) is 5.69 Å². The number of H-pyrrole nitrogens is 1. The Morgan fingerprint density at radius 1 is 1.08 bits per heavy atom. The highest BCUT2D eigenvalue weighted by Gasteiger charge is 2.28. The lowest BCUT2D eigenvalue weighted by Crippen LogP contribution is -2.52. The Labute approximate surface area is 159 Å². The van der Waals surface area contributed by atoms with Gasteiger partial charge in [0, 0.05) is 37.8 Å². The van der Waals surface area contributed by atoms with Crippen LogP contribution in [0.1, 0.15) is 42.6 Å². The Kier molecular flexibility index (Phi) is 5.27. The van der Waals surface area contributed by atoms with E-state index in [1.54, 1.807) is 6.07 Å². The molecule has 1 aromatic carbocycles. The molecule has 1 aliphatic carbocycles. The Balaban J connectivity index is 1.39. The number of hydrogen-bond acceptors (Lipinski definition) is 3. The number of rotatable bonds is 3. The number of benzene rings is 1. The summed E-state index contributed by atoms with van der Waals surface area (Å²) < 4.78 is 0. The van der Waals surface area contributed by atoms with Crippen LogP contribution in [0.15, 0.2) is 30.3 Å². The van der Waals surface area contributed by atoms with E-state index in [-0.39, 0.29) is 5.91 Å². The Hall–Kier alpha value is -1.85. The molecular formula is C20H25ClN4O. The molecule has 26 heavy (non-hydrogen) atoms. The fraction of sp³-hybridized carbons (Fsp3) is 0.500. The molecule has 0 radical (unpaired) electrons. The highest BCUT2D eigenvalue weighted by atomic mass is 35.5. The van der Waals surface area contributed by atoms with Crippen molar-refractivity contribution >= 4 is 17.5 Å². The summed E-state index contributed by atoms with van der Waals surface area (Å²) in [6.07, 6.45) is 6.71. The molecule has 2 fully saturated rings. The molecule has 0 unspecified atom stereocenters. The molecule has 1 N–H and O–H groups in total. The van der Waals surface area contributed by atoms with E-state index in [1.165, 1.54) is 32.1 Å². The van der Waals surface area contributed by atoms with Crippen LogP contribution in [0.4, 0.5) is 0 Å². The SMILES string of the molecule is O=C(c1cc(-c2ccccc2Cl)n[nH]1)N1CCN(C2CCCCC2)CC1. The summed E-state index contributed by atoms with van der Waals surface area (Å²) in [5, 5.41) is 7.81. The van der Waals surface area contributed by atoms with Gasteiger partial charge in [0.15, 0.2) is 0 Å². The summed E-state index contributed by atoms with van der Waals surface area (Å²) in [4.78, 5) is 17.3. The summed E-state index contributed by atoms with van der Waals surface area (Å²) in [6, 6.07) is 10.1. The van der Waals surface area contributed by atoms with Crippen molar-refractivity contribution < 1.29 is 4.79 Å². The van der Waals surface area contributed by atoms with E-state index in [2.05, 4.69) is 15.1 Å². The van der Waals surface area contributed by atoms with Crippen molar-refractivity contribution in [3.05, 3.63) is 41.0 Å². The van der Waals surface area contributed by atoms with Gasteiger partial charge in [-0.1, -0.05) is 49.1 Å². The molecule has 2 aromatic rings. The molecule has 1 saturated heterocycles. The number of carbonyl (C=O) groups excluding carboxylic acids is 1. The summed E-state index contributed by atoms with van der Waals surface area (Å²) in [7, 11) is 0. The zero-order valence-corrected chi connectivity index (χ0v) is 15.7. The maximum atomic E-state index is 12.8. The van der Waals surface area contributed by atoms with E-state index >= 15 is 0 Å². The highest BCUT2D eigenvalue weighted by Crippen LogP contribution is 2.27. The third kappa shape index (κ3) is 3.64. The molecule has 0 atom stereocenters. The van der Waals surface area contributed by atoms with Crippen LogP contribution in [0, 0.1) is 0 Å². The lowest BCUT2D eigenvalue weighted by molar-refractivity contribution is 0.0518. The van der Waals surface area contributed by atoms with Gasteiger partial charge in [-0.3, -0.25) is 14.8 Å². The van der Waals surface area contributed by atoms with E-state index in [0.717, 1.165) is 37.8 Å². The summed E-state index contributed by atoms with van der Waals surface area (Å²) in [6.45, 7) is 3.52. The number of piperazine rings is 1. The largest absolute Gasteiger partial charge is 0.335 e. The number of halogens is 1. The van der Waals surface area contributed by atoms with E-state index in [9.17, 15) is 4.79 Å². The monoisotopic (exact) mass is 372 g/mol. The first kappa shape index (κ1) is 17.6. The smallest absolute Gasteiger partial charge is 0.271 e. The molecule has 2 heterocycles. The second-order valence-electron chi connectivity index (χ2n) is 7.27. The van der Waals surface area contributed by atoms with E-state index in [1.807, 2.05) is 29.2 Å². The minimum absolute atomic E-state index is 0.0269. The average molecular weight is 373 g/mol. The molecule has 1 amide bonds. The molecule has 1 aromatic heterocycles. The molecule has 5 nitrogen and oxygen atoms in total. The first-order chi connectivity index (χ1) is 12.7. The standard InChI is InChI=1S/C20H25ClN4O/c21-17-9-5-4-8-16(17)18-14-19(23-22-18)20(26)25-12-10-24(11-13-25)15-6-2-1-3-7-15/h4-5,8-9,14-15H,1-3,6-7,10-13H2,(H,22,23). The lowest BCUT2D eigenvalue weighted by Gasteiger charge is -2.40. The second-order valence-corrected chi connectivity index (χ2v) is 7.67. The Morgan fingerprint density at radius 2 is 1.81 bits per heavy atom. The minimum atomic E-state index is 0.0269. The van der Waals surface area contributed by atoms with Gasteiger partial charge in [-0.15, -0.1) is 0 Å². The average Bonchev–Trinajstić information content (AvgIpc) is 3.18. The van der Waals surface area contributed by atoms with Crippen molar-refractivity contribution in [2.75, 3.05) is 26.2 Å². The van der Waals surface area contributed by atoms with Crippen molar-refractivity contribution in [3.8, 4) is 11.3 Å². The highest BCUT2D eigenvalue weighted by molar-refractivity contribution is 6.33. The number of aromatic amines is 1. The maximum absolute atomic E-state index is 12.8. The molecule has 6 heteroatoms. The van der Waals surface area contributed by atoms with Crippen molar-refractivity contribution in [2.24, 2.45) is 0 Å². The first-order valence-corrected chi connectivity index (χ1v) is 9.94. The molecule has 0 spiro atoms. The molecule has 0 bridgehead atoms. The molecular weight excluding hydrogens is 348 g/mol. The lowest BCUT2D eigenvalue weighted by atomic mass is 9.94.